The fourth-order valence-corrected chi connectivity index (χ4v) is 0.460. The molecule has 2 nitrogen and oxygen atoms in total. The molecule has 0 aliphatic heterocycles. The van der Waals surface area contributed by atoms with Gasteiger partial charge in [-0.2, -0.15) is 0 Å². The summed E-state index contributed by atoms with van der Waals surface area (Å²) in [6, 6.07) is 2.38. The number of nitrogens with zero attached hydrogens (tertiary/aromatic N) is 1. The molecule has 0 aliphatic rings. The van der Waals surface area contributed by atoms with Crippen molar-refractivity contribution in [2.24, 2.45) is 0 Å². The predicted octanol–water partition coefficient (Wildman–Crippen LogP) is 0.882. The average Bonchev–Trinajstić information content (AvgIpc) is 2.01. The molecule has 0 fully saturated rings. The molecule has 2 heteroatoms. The molecule has 1 aromatic rings. The monoisotopic (exact) mass is 128 g/mol. The maximum Gasteiger partial charge on any atom is 0.0852 e. The average molecular weight is 128 g/mol. The Kier molecular flexibility index (Phi) is 0.688. The first-order valence-corrected chi connectivity index (χ1v) is 2.40. The third-order valence-corrected chi connectivity index (χ3v) is 0.878. The van der Waals surface area contributed by atoms with Crippen LogP contribution in [0.4, 0.5) is 0 Å². The summed E-state index contributed by atoms with van der Waals surface area (Å²) in [6.45, 7) is -4.79. The highest BCUT2D eigenvalue weighted by Gasteiger charge is 1.87. The van der Waals surface area contributed by atoms with Crippen molar-refractivity contribution < 1.29 is 12.0 Å². The minimum Gasteiger partial charge on any atom is -0.390 e. The van der Waals surface area contributed by atoms with Crippen molar-refractivity contribution in [2.75, 3.05) is 0 Å². The van der Waals surface area contributed by atoms with Crippen LogP contribution in [0, 0.1) is 6.85 Å². The fourth-order valence-electron chi connectivity index (χ4n) is 0.460. The number of rotatable bonds is 1. The van der Waals surface area contributed by atoms with Crippen LogP contribution < -0.4 is 0 Å². The maximum absolute atomic E-state index is 8.91. The molecular weight excluding hydrogens is 114 g/mol. The van der Waals surface area contributed by atoms with Crippen LogP contribution in [-0.2, 0) is 6.56 Å². The van der Waals surface area contributed by atoms with Gasteiger partial charge in [0.15, 0.2) is 0 Å². The van der Waals surface area contributed by atoms with Crippen molar-refractivity contribution in [3.63, 3.8) is 0 Å². The minimum absolute atomic E-state index is 0.0190. The zero-order chi connectivity index (χ0) is 11.0. The minimum atomic E-state index is -2.53. The Hall–Kier alpha value is -0.890. The molecule has 1 heterocycles. The molecule has 0 aromatic carbocycles. The van der Waals surface area contributed by atoms with E-state index in [0.717, 1.165) is 12.3 Å². The molecule has 0 spiro atoms. The summed E-state index contributed by atoms with van der Waals surface area (Å²) >= 11 is 0. The lowest BCUT2D eigenvalue weighted by molar-refractivity contribution is 0.277. The second-order valence-electron chi connectivity index (χ2n) is 1.54. The third-order valence-electron chi connectivity index (χ3n) is 0.878. The molecule has 1 aromatic heterocycles. The lowest BCUT2D eigenvalue weighted by Gasteiger charge is -1.93. The lowest BCUT2D eigenvalue weighted by Crippen LogP contribution is -1.87. The second kappa shape index (κ2) is 2.60. The van der Waals surface area contributed by atoms with Crippen molar-refractivity contribution >= 4 is 0 Å². The van der Waals surface area contributed by atoms with Crippen molar-refractivity contribution in [1.29, 1.82) is 0 Å². The third kappa shape index (κ3) is 1.50. The van der Waals surface area contributed by atoms with Crippen molar-refractivity contribution in [3.05, 3.63) is 29.6 Å². The number of hydrogen-bond donors (Lipinski definition) is 1. The first-order chi connectivity index (χ1) is 6.21. The zero-order valence-electron chi connectivity index (χ0n) is 9.63. The van der Waals surface area contributed by atoms with Gasteiger partial charge in [-0.25, -0.2) is 0 Å². The molecule has 0 atom stereocenters. The highest BCUT2D eigenvalue weighted by molar-refractivity contribution is 5.11. The Bertz CT molecular complexity index is 279. The molecular formula is C7H9NO. The largest absolute Gasteiger partial charge is 0.390 e. The van der Waals surface area contributed by atoms with Gasteiger partial charge in [0.1, 0.15) is 0 Å². The number of aryl methyl sites for hydroxylation is 1. The van der Waals surface area contributed by atoms with Gasteiger partial charge in [0.25, 0.3) is 0 Å². The summed E-state index contributed by atoms with van der Waals surface area (Å²) in [5, 5.41) is 8.91. The van der Waals surface area contributed by atoms with Gasteiger partial charge in [-0.05, 0) is 18.5 Å². The Morgan fingerprint density at radius 1 is 1.89 bits per heavy atom. The van der Waals surface area contributed by atoms with Crippen LogP contribution in [0.5, 0.6) is 0 Å². The van der Waals surface area contributed by atoms with Gasteiger partial charge in [0.05, 0.1) is 15.0 Å². The molecule has 0 bridgehead atoms. The summed E-state index contributed by atoms with van der Waals surface area (Å²) in [5.74, 6) is 0. The lowest BCUT2D eigenvalue weighted by atomic mass is 10.3. The molecule has 0 amide bonds. The Morgan fingerprint density at radius 3 is 3.22 bits per heavy atom. The van der Waals surface area contributed by atoms with Gasteiger partial charge in [0, 0.05) is 10.3 Å². The van der Waals surface area contributed by atoms with E-state index in [-0.39, 0.29) is 11.3 Å². The van der Waals surface area contributed by atoms with Crippen LogP contribution in [0.15, 0.2) is 18.3 Å². The maximum atomic E-state index is 8.91. The van der Waals surface area contributed by atoms with Gasteiger partial charge >= 0.3 is 0 Å². The van der Waals surface area contributed by atoms with Gasteiger partial charge in [0.2, 0.25) is 0 Å². The van der Waals surface area contributed by atoms with Crippen LogP contribution in [0.2, 0.25) is 0 Å². The van der Waals surface area contributed by atoms with E-state index in [2.05, 4.69) is 4.98 Å². The van der Waals surface area contributed by atoms with Crippen molar-refractivity contribution in [1.82, 2.24) is 4.98 Å². The number of aromatic nitrogens is 1. The quantitative estimate of drug-likeness (QED) is 0.609. The van der Waals surface area contributed by atoms with Gasteiger partial charge in [-0.3, -0.25) is 4.98 Å². The number of pyridine rings is 1. The van der Waals surface area contributed by atoms with E-state index >= 15 is 0 Å². The van der Waals surface area contributed by atoms with Crippen LogP contribution >= 0.6 is 0 Å². The zero-order valence-corrected chi connectivity index (χ0v) is 4.63. The van der Waals surface area contributed by atoms with E-state index < -0.39 is 13.4 Å². The molecule has 0 aliphatic carbocycles. The molecule has 0 unspecified atom stereocenters. The topological polar surface area (TPSA) is 33.1 Å². The number of aliphatic hydroxyl groups is 1. The Balaban J connectivity index is 3.02. The van der Waals surface area contributed by atoms with E-state index in [1.54, 1.807) is 0 Å². The highest BCUT2D eigenvalue weighted by Crippen LogP contribution is 1.96. The van der Waals surface area contributed by atoms with Crippen molar-refractivity contribution in [3.8, 4) is 0 Å². The predicted molar refractivity (Wildman–Crippen MR) is 34.9 cm³/mol. The van der Waals surface area contributed by atoms with E-state index in [4.69, 9.17) is 12.0 Å². The summed E-state index contributed by atoms with van der Waals surface area (Å²) in [5.41, 5.74) is -0.184. The first-order valence-electron chi connectivity index (χ1n) is 4.90. The van der Waals surface area contributed by atoms with E-state index in [1.165, 1.54) is 6.07 Å². The summed E-state index contributed by atoms with van der Waals surface area (Å²) in [4.78, 5) is 3.53. The van der Waals surface area contributed by atoms with Crippen LogP contribution in [0.1, 0.15) is 18.1 Å². The number of hydrogen-bond acceptors (Lipinski definition) is 2. The Morgan fingerprint density at radius 2 is 2.78 bits per heavy atom. The van der Waals surface area contributed by atoms with Gasteiger partial charge < -0.3 is 5.11 Å². The smallest absolute Gasteiger partial charge is 0.0852 e. The normalized spacial score (nSPS) is 20.8. The van der Waals surface area contributed by atoms with Gasteiger partial charge in [-0.15, -0.1) is 0 Å². The highest BCUT2D eigenvalue weighted by atomic mass is 16.3. The summed E-state index contributed by atoms with van der Waals surface area (Å²) < 4.78 is 34.9. The molecule has 0 saturated heterocycles. The summed E-state index contributed by atoms with van der Waals surface area (Å²) in [6.07, 6.45) is 1.04. The first kappa shape index (κ1) is 2.39. The standard InChI is InChI=1S/C7H9NO/c1-6-2-3-7(5-9)8-4-6/h2-4,9H,5H2,1H3/i1D3,5D2. The molecule has 0 saturated carbocycles. The van der Waals surface area contributed by atoms with Crippen molar-refractivity contribution in [2.45, 2.75) is 13.4 Å². The second-order valence-corrected chi connectivity index (χ2v) is 1.54. The van der Waals surface area contributed by atoms with Crippen LogP contribution in [0.3, 0.4) is 0 Å². The van der Waals surface area contributed by atoms with E-state index in [9.17, 15) is 0 Å². The molecule has 9 heavy (non-hydrogen) atoms. The fraction of sp³-hybridized carbons (Fsp3) is 0.286. The van der Waals surface area contributed by atoms with E-state index in [1.807, 2.05) is 0 Å². The molecule has 48 valence electrons. The SMILES string of the molecule is [2H]C([2H])([2H])c1ccc(C([2H])([2H])O)nc1. The molecule has 1 N–H and O–H groups in total. The van der Waals surface area contributed by atoms with Crippen LogP contribution in [0.25, 0.3) is 0 Å². The Labute approximate surface area is 61.2 Å². The molecule has 0 radical (unpaired) electrons. The molecule has 1 rings (SSSR count). The van der Waals surface area contributed by atoms with Gasteiger partial charge in [-0.1, -0.05) is 6.07 Å². The van der Waals surface area contributed by atoms with Crippen LogP contribution in [-0.4, -0.2) is 10.1 Å². The summed E-state index contributed by atoms with van der Waals surface area (Å²) in [7, 11) is 0. The van der Waals surface area contributed by atoms with E-state index in [0.29, 0.717) is 0 Å².